The van der Waals surface area contributed by atoms with Crippen molar-refractivity contribution >= 4 is 6.09 Å². The van der Waals surface area contributed by atoms with Gasteiger partial charge in [0.1, 0.15) is 6.61 Å². The summed E-state index contributed by atoms with van der Waals surface area (Å²) in [5.74, 6) is 0. The summed E-state index contributed by atoms with van der Waals surface area (Å²) in [6, 6.07) is 16.0. The van der Waals surface area contributed by atoms with E-state index in [1.54, 1.807) is 0 Å². The molecular weight excluding hydrogens is 350 g/mol. The van der Waals surface area contributed by atoms with Crippen LogP contribution in [0.4, 0.5) is 4.79 Å². The average molecular weight is 380 g/mol. The molecule has 2 bridgehead atoms. The topological polar surface area (TPSA) is 49.8 Å². The van der Waals surface area contributed by atoms with Gasteiger partial charge >= 0.3 is 6.09 Å². The summed E-state index contributed by atoms with van der Waals surface area (Å²) in [4.78, 5) is 14.8. The summed E-state index contributed by atoms with van der Waals surface area (Å²) in [5, 5.41) is 11.6. The summed E-state index contributed by atoms with van der Waals surface area (Å²) in [6.07, 6.45) is 3.85. The number of nitrogens with zero attached hydrogens (tertiary/aromatic N) is 1. The van der Waals surface area contributed by atoms with Crippen molar-refractivity contribution < 1.29 is 14.6 Å². The van der Waals surface area contributed by atoms with Crippen LogP contribution >= 0.6 is 0 Å². The number of ether oxygens (including phenoxy) is 1. The molecule has 0 spiro atoms. The molecule has 2 saturated heterocycles. The van der Waals surface area contributed by atoms with Gasteiger partial charge < -0.3 is 14.7 Å². The number of aliphatic hydroxyl groups is 1. The molecule has 0 aromatic heterocycles. The maximum Gasteiger partial charge on any atom is 0.410 e. The van der Waals surface area contributed by atoms with Gasteiger partial charge in [-0.25, -0.2) is 4.79 Å². The van der Waals surface area contributed by atoms with Crippen LogP contribution in [0.15, 0.2) is 48.5 Å². The highest BCUT2D eigenvalue weighted by Gasteiger charge is 2.49. The lowest BCUT2D eigenvalue weighted by Gasteiger charge is -2.52. The van der Waals surface area contributed by atoms with E-state index in [1.807, 2.05) is 41.3 Å². The molecule has 2 unspecified atom stereocenters. The van der Waals surface area contributed by atoms with Gasteiger partial charge in [0, 0.05) is 24.9 Å². The normalized spacial score (nSPS) is 26.8. The van der Waals surface area contributed by atoms with Crippen LogP contribution in [0.1, 0.15) is 54.4 Å². The molecule has 28 heavy (non-hydrogen) atoms. The number of fused-ring (bicyclic) bond motifs is 2. The molecule has 2 atom stereocenters. The fourth-order valence-corrected chi connectivity index (χ4v) is 5.27. The molecule has 1 N–H and O–H groups in total. The quantitative estimate of drug-likeness (QED) is 0.830. The number of hydrogen-bond donors (Lipinski definition) is 1. The molecule has 0 aliphatic carbocycles. The maximum atomic E-state index is 12.9. The van der Waals surface area contributed by atoms with Crippen LogP contribution in [0, 0.1) is 13.8 Å². The number of piperidine rings is 2. The lowest BCUT2D eigenvalue weighted by molar-refractivity contribution is -0.0901. The molecule has 1 amide bonds. The van der Waals surface area contributed by atoms with E-state index in [0.717, 1.165) is 41.5 Å². The fourth-order valence-electron chi connectivity index (χ4n) is 5.27. The first-order valence-corrected chi connectivity index (χ1v) is 10.3. The Morgan fingerprint density at radius 3 is 2.25 bits per heavy atom. The summed E-state index contributed by atoms with van der Waals surface area (Å²) >= 11 is 0. The van der Waals surface area contributed by atoms with Gasteiger partial charge in [-0.3, -0.25) is 0 Å². The van der Waals surface area contributed by atoms with Crippen LogP contribution in [0.2, 0.25) is 0 Å². The van der Waals surface area contributed by atoms with Crippen molar-refractivity contribution in [3.63, 3.8) is 0 Å². The van der Waals surface area contributed by atoms with Crippen LogP contribution in [0.5, 0.6) is 0 Å². The first-order chi connectivity index (χ1) is 13.5. The minimum atomic E-state index is -0.874. The van der Waals surface area contributed by atoms with Gasteiger partial charge in [0.15, 0.2) is 0 Å². The largest absolute Gasteiger partial charge is 0.445 e. The predicted molar refractivity (Wildman–Crippen MR) is 109 cm³/mol. The molecule has 0 saturated carbocycles. The van der Waals surface area contributed by atoms with Crippen molar-refractivity contribution in [3.05, 3.63) is 70.8 Å². The van der Waals surface area contributed by atoms with Gasteiger partial charge in [-0.2, -0.15) is 0 Å². The van der Waals surface area contributed by atoms with Crippen molar-refractivity contribution in [1.29, 1.82) is 0 Å². The number of rotatable bonds is 3. The predicted octanol–water partition coefficient (Wildman–Crippen LogP) is 4.84. The number of benzene rings is 2. The molecule has 2 aliphatic rings. The van der Waals surface area contributed by atoms with Crippen molar-refractivity contribution in [2.24, 2.45) is 0 Å². The summed E-state index contributed by atoms with van der Waals surface area (Å²) < 4.78 is 5.63. The van der Waals surface area contributed by atoms with E-state index in [-0.39, 0.29) is 24.8 Å². The van der Waals surface area contributed by atoms with Crippen LogP contribution in [0.25, 0.3) is 0 Å². The van der Waals surface area contributed by atoms with E-state index in [4.69, 9.17) is 4.74 Å². The van der Waals surface area contributed by atoms with Gasteiger partial charge in [0.2, 0.25) is 0 Å². The summed E-state index contributed by atoms with van der Waals surface area (Å²) in [5.41, 5.74) is 3.41. The zero-order valence-corrected chi connectivity index (χ0v) is 16.7. The number of carbonyl (C=O) groups is 1. The standard InChI is InChI=1S/C24H29NO3/c1-17-8-6-9-18(2)22(17)24(27)14-20-12-7-13-21(15-24)25(20)23(26)28-16-19-10-4-3-5-11-19/h3-6,8-11,20-21,27H,7,12-16H2,1-2H3. The van der Waals surface area contributed by atoms with E-state index >= 15 is 0 Å². The highest BCUT2D eigenvalue weighted by atomic mass is 16.6. The second-order valence-electron chi connectivity index (χ2n) is 8.39. The lowest BCUT2D eigenvalue weighted by atomic mass is 9.71. The first kappa shape index (κ1) is 19.0. The van der Waals surface area contributed by atoms with E-state index < -0.39 is 5.60 Å². The molecule has 2 aliphatic heterocycles. The maximum absolute atomic E-state index is 12.9. The molecule has 4 heteroatoms. The van der Waals surface area contributed by atoms with Gasteiger partial charge in [-0.05, 0) is 55.4 Å². The number of carbonyl (C=O) groups excluding carboxylic acids is 1. The Bertz CT molecular complexity index is 814. The minimum Gasteiger partial charge on any atom is -0.445 e. The Kier molecular flexibility index (Phi) is 5.15. The Morgan fingerprint density at radius 1 is 1.04 bits per heavy atom. The Morgan fingerprint density at radius 2 is 1.64 bits per heavy atom. The van der Waals surface area contributed by atoms with Gasteiger partial charge in [0.05, 0.1) is 5.60 Å². The zero-order chi connectivity index (χ0) is 19.7. The monoisotopic (exact) mass is 379 g/mol. The fraction of sp³-hybridized carbons (Fsp3) is 0.458. The van der Waals surface area contributed by atoms with E-state index in [2.05, 4.69) is 26.0 Å². The van der Waals surface area contributed by atoms with E-state index in [9.17, 15) is 9.90 Å². The second-order valence-corrected chi connectivity index (χ2v) is 8.39. The Hall–Kier alpha value is -2.33. The summed E-state index contributed by atoms with van der Waals surface area (Å²) in [6.45, 7) is 4.42. The number of amides is 1. The smallest absolute Gasteiger partial charge is 0.410 e. The third-order valence-corrected chi connectivity index (χ3v) is 6.37. The molecule has 2 heterocycles. The number of hydrogen-bond acceptors (Lipinski definition) is 3. The van der Waals surface area contributed by atoms with E-state index in [1.165, 1.54) is 0 Å². The molecule has 148 valence electrons. The highest BCUT2D eigenvalue weighted by molar-refractivity contribution is 5.69. The van der Waals surface area contributed by atoms with Crippen molar-refractivity contribution in [2.45, 2.75) is 70.2 Å². The van der Waals surface area contributed by atoms with Crippen LogP contribution in [0.3, 0.4) is 0 Å². The Labute approximate surface area is 167 Å². The average Bonchev–Trinajstić information content (AvgIpc) is 2.66. The molecule has 4 rings (SSSR count). The minimum absolute atomic E-state index is 0.0276. The van der Waals surface area contributed by atoms with Crippen LogP contribution in [-0.2, 0) is 16.9 Å². The highest BCUT2D eigenvalue weighted by Crippen LogP contribution is 2.46. The molecule has 2 aromatic rings. The lowest BCUT2D eigenvalue weighted by Crippen LogP contribution is -2.59. The van der Waals surface area contributed by atoms with Gasteiger partial charge in [0.25, 0.3) is 0 Å². The van der Waals surface area contributed by atoms with Crippen molar-refractivity contribution in [1.82, 2.24) is 4.90 Å². The summed E-state index contributed by atoms with van der Waals surface area (Å²) in [7, 11) is 0. The first-order valence-electron chi connectivity index (χ1n) is 10.3. The molecule has 2 fully saturated rings. The molecule has 0 radical (unpaired) electrons. The third kappa shape index (κ3) is 3.53. The van der Waals surface area contributed by atoms with Gasteiger partial charge in [-0.1, -0.05) is 48.5 Å². The van der Waals surface area contributed by atoms with Crippen LogP contribution < -0.4 is 0 Å². The second kappa shape index (κ2) is 7.59. The zero-order valence-electron chi connectivity index (χ0n) is 16.7. The third-order valence-electron chi connectivity index (χ3n) is 6.37. The van der Waals surface area contributed by atoms with Crippen molar-refractivity contribution in [2.75, 3.05) is 0 Å². The van der Waals surface area contributed by atoms with Gasteiger partial charge in [-0.15, -0.1) is 0 Å². The molecular formula is C24H29NO3. The van der Waals surface area contributed by atoms with E-state index in [0.29, 0.717) is 12.8 Å². The SMILES string of the molecule is Cc1cccc(C)c1C1(O)CC2CCCC(C1)N2C(=O)OCc1ccccc1. The van der Waals surface area contributed by atoms with Crippen molar-refractivity contribution in [3.8, 4) is 0 Å². The Balaban J connectivity index is 1.53. The van der Waals surface area contributed by atoms with Crippen LogP contribution in [-0.4, -0.2) is 28.2 Å². The molecule has 4 nitrogen and oxygen atoms in total. The number of aryl methyl sites for hydroxylation is 2. The molecule has 2 aromatic carbocycles.